The number of terminal acetylenes is 1. The zero-order valence-corrected chi connectivity index (χ0v) is 16.5. The summed E-state index contributed by atoms with van der Waals surface area (Å²) in [6.07, 6.45) is 5.69. The zero-order valence-electron chi connectivity index (χ0n) is 15.7. The molecule has 29 heavy (non-hydrogen) atoms. The average molecular weight is 424 g/mol. The summed E-state index contributed by atoms with van der Waals surface area (Å²) in [6.45, 7) is 3.03. The van der Waals surface area contributed by atoms with Crippen LogP contribution in [-0.4, -0.2) is 34.7 Å². The number of aromatic nitrogens is 1. The fourth-order valence-corrected chi connectivity index (χ4v) is 1.80. The monoisotopic (exact) mass is 423 g/mol. The number of carboxylic acids is 1. The van der Waals surface area contributed by atoms with Crippen LogP contribution in [0, 0.1) is 18.2 Å². The van der Waals surface area contributed by atoms with Crippen LogP contribution in [0.2, 0.25) is 5.02 Å². The molecule has 0 radical (unpaired) electrons. The Bertz CT molecular complexity index is 866. The summed E-state index contributed by atoms with van der Waals surface area (Å²) in [5, 5.41) is 7.90. The number of rotatable bonds is 7. The lowest BCUT2D eigenvalue weighted by Gasteiger charge is -2.13. The fourth-order valence-electron chi connectivity index (χ4n) is 1.66. The first-order valence-electron chi connectivity index (χ1n) is 8.34. The molecular formula is C20H19ClFNO6. The van der Waals surface area contributed by atoms with Crippen LogP contribution >= 0.6 is 11.6 Å². The summed E-state index contributed by atoms with van der Waals surface area (Å²) >= 11 is 5.62. The van der Waals surface area contributed by atoms with Crippen LogP contribution in [0.4, 0.5) is 4.39 Å². The summed E-state index contributed by atoms with van der Waals surface area (Å²) in [4.78, 5) is 24.7. The van der Waals surface area contributed by atoms with E-state index in [9.17, 15) is 14.0 Å². The number of carbonyl (C=O) groups excluding carboxylic acids is 1. The first kappa shape index (κ1) is 23.7. The van der Waals surface area contributed by atoms with Gasteiger partial charge < -0.3 is 19.3 Å². The van der Waals surface area contributed by atoms with E-state index in [4.69, 9.17) is 37.3 Å². The molecule has 1 aromatic carbocycles. The molecule has 0 fully saturated rings. The van der Waals surface area contributed by atoms with Gasteiger partial charge in [0.05, 0.1) is 5.02 Å². The fraction of sp³-hybridized carbons (Fsp3) is 0.250. The molecule has 2 aromatic rings. The van der Waals surface area contributed by atoms with Gasteiger partial charge in [-0.1, -0.05) is 24.4 Å². The molecule has 1 N–H and O–H groups in total. The maximum atomic E-state index is 13.6. The molecule has 0 saturated heterocycles. The Kier molecular flexibility index (Phi) is 9.99. The van der Waals surface area contributed by atoms with Gasteiger partial charge in [-0.25, -0.2) is 14.2 Å². The van der Waals surface area contributed by atoms with E-state index < -0.39 is 23.9 Å². The molecule has 0 saturated carbocycles. The maximum Gasteiger partial charge on any atom is 0.347 e. The summed E-state index contributed by atoms with van der Waals surface area (Å²) in [7, 11) is 0. The van der Waals surface area contributed by atoms with E-state index in [0.29, 0.717) is 11.5 Å². The minimum Gasteiger partial charge on any atom is -0.481 e. The third kappa shape index (κ3) is 8.95. The van der Waals surface area contributed by atoms with Gasteiger partial charge in [0, 0.05) is 12.6 Å². The molecule has 0 aliphatic rings. The Labute approximate surface area is 172 Å². The third-order valence-corrected chi connectivity index (χ3v) is 3.26. The topological polar surface area (TPSA) is 95.0 Å². The second-order valence-electron chi connectivity index (χ2n) is 5.33. The number of hydrogen-bond donors (Lipinski definition) is 1. The lowest BCUT2D eigenvalue weighted by molar-refractivity contribution is -0.149. The van der Waals surface area contributed by atoms with Gasteiger partial charge in [-0.2, -0.15) is 0 Å². The van der Waals surface area contributed by atoms with Crippen molar-refractivity contribution in [2.45, 2.75) is 26.4 Å². The number of aliphatic carboxylic acids is 1. The van der Waals surface area contributed by atoms with E-state index in [0.717, 1.165) is 6.07 Å². The predicted octanol–water partition coefficient (Wildman–Crippen LogP) is 4.09. The number of carboxylic acid groups (broad SMARTS) is 1. The Hall–Kier alpha value is -3.31. The molecule has 154 valence electrons. The SMILES string of the molecule is C#CCOC(=O)C(C)Oc1ccc(Oc2ncc(Cl)cc2F)cc1.CCC(=O)O. The van der Waals surface area contributed by atoms with Gasteiger partial charge in [0.15, 0.2) is 18.5 Å². The Morgan fingerprint density at radius 2 is 1.90 bits per heavy atom. The number of ether oxygens (including phenoxy) is 3. The normalized spacial score (nSPS) is 10.6. The molecule has 0 amide bonds. The molecule has 1 unspecified atom stereocenters. The Morgan fingerprint density at radius 3 is 2.41 bits per heavy atom. The maximum absolute atomic E-state index is 13.6. The largest absolute Gasteiger partial charge is 0.481 e. The average Bonchev–Trinajstić information content (AvgIpc) is 2.70. The van der Waals surface area contributed by atoms with Crippen LogP contribution in [0.1, 0.15) is 20.3 Å². The van der Waals surface area contributed by atoms with Crippen LogP contribution < -0.4 is 9.47 Å². The van der Waals surface area contributed by atoms with Crippen molar-refractivity contribution in [3.63, 3.8) is 0 Å². The minimum atomic E-state index is -0.819. The molecule has 0 aliphatic carbocycles. The van der Waals surface area contributed by atoms with Crippen LogP contribution in [-0.2, 0) is 14.3 Å². The van der Waals surface area contributed by atoms with E-state index in [1.165, 1.54) is 13.1 Å². The standard InChI is InChI=1S/C17H13ClFNO4.C3H6O2/c1-3-8-22-17(21)11(2)23-13-4-6-14(7-5-13)24-16-15(19)9-12(18)10-20-16;1-2-3(4)5/h1,4-7,9-11H,8H2,2H3;2H2,1H3,(H,4,5). The second-order valence-corrected chi connectivity index (χ2v) is 5.77. The van der Waals surface area contributed by atoms with E-state index >= 15 is 0 Å². The van der Waals surface area contributed by atoms with Gasteiger partial charge in [0.2, 0.25) is 0 Å². The Morgan fingerprint density at radius 1 is 1.31 bits per heavy atom. The molecule has 0 bridgehead atoms. The first-order valence-corrected chi connectivity index (χ1v) is 8.72. The van der Waals surface area contributed by atoms with Gasteiger partial charge in [-0.3, -0.25) is 4.79 Å². The molecule has 2 rings (SSSR count). The third-order valence-electron chi connectivity index (χ3n) is 3.06. The lowest BCUT2D eigenvalue weighted by atomic mass is 10.3. The quantitative estimate of drug-likeness (QED) is 0.529. The smallest absolute Gasteiger partial charge is 0.347 e. The molecule has 1 heterocycles. The molecular weight excluding hydrogens is 405 g/mol. The highest BCUT2D eigenvalue weighted by Crippen LogP contribution is 2.26. The number of halogens is 2. The summed E-state index contributed by atoms with van der Waals surface area (Å²) in [6, 6.07) is 7.32. The van der Waals surface area contributed by atoms with Crippen molar-refractivity contribution >= 4 is 23.5 Å². The number of nitrogens with zero attached hydrogens (tertiary/aromatic N) is 1. The number of pyridine rings is 1. The van der Waals surface area contributed by atoms with Crippen molar-refractivity contribution in [2.75, 3.05) is 6.61 Å². The number of benzene rings is 1. The predicted molar refractivity (Wildman–Crippen MR) is 104 cm³/mol. The van der Waals surface area contributed by atoms with E-state index in [1.807, 2.05) is 0 Å². The van der Waals surface area contributed by atoms with E-state index in [-0.39, 0.29) is 23.9 Å². The molecule has 1 atom stereocenters. The molecule has 0 aliphatic heterocycles. The van der Waals surface area contributed by atoms with Gasteiger partial charge >= 0.3 is 11.9 Å². The van der Waals surface area contributed by atoms with Crippen molar-refractivity contribution in [2.24, 2.45) is 0 Å². The highest BCUT2D eigenvalue weighted by molar-refractivity contribution is 6.30. The van der Waals surface area contributed by atoms with Crippen LogP contribution in [0.15, 0.2) is 36.5 Å². The van der Waals surface area contributed by atoms with E-state index in [2.05, 4.69) is 10.9 Å². The molecule has 7 nitrogen and oxygen atoms in total. The van der Waals surface area contributed by atoms with Crippen LogP contribution in [0.5, 0.6) is 17.4 Å². The van der Waals surface area contributed by atoms with Crippen molar-refractivity contribution in [3.05, 3.63) is 47.4 Å². The number of esters is 1. The van der Waals surface area contributed by atoms with Crippen LogP contribution in [0.3, 0.4) is 0 Å². The van der Waals surface area contributed by atoms with Crippen molar-refractivity contribution in [1.29, 1.82) is 0 Å². The molecule has 0 spiro atoms. The number of carbonyl (C=O) groups is 2. The van der Waals surface area contributed by atoms with Crippen LogP contribution in [0.25, 0.3) is 0 Å². The lowest BCUT2D eigenvalue weighted by Crippen LogP contribution is -2.26. The van der Waals surface area contributed by atoms with Crippen molar-refractivity contribution in [1.82, 2.24) is 4.98 Å². The van der Waals surface area contributed by atoms with Gasteiger partial charge in [-0.15, -0.1) is 6.42 Å². The summed E-state index contributed by atoms with van der Waals surface area (Å²) in [5.74, 6) is 0.773. The van der Waals surface area contributed by atoms with Crippen molar-refractivity contribution < 1.29 is 33.3 Å². The molecule has 9 heteroatoms. The first-order chi connectivity index (χ1) is 13.8. The van der Waals surface area contributed by atoms with E-state index in [1.54, 1.807) is 31.2 Å². The Balaban J connectivity index is 0.000000749. The van der Waals surface area contributed by atoms with Gasteiger partial charge in [0.25, 0.3) is 5.88 Å². The zero-order chi connectivity index (χ0) is 21.8. The molecule has 1 aromatic heterocycles. The summed E-state index contributed by atoms with van der Waals surface area (Å²) in [5.41, 5.74) is 0. The van der Waals surface area contributed by atoms with Crippen molar-refractivity contribution in [3.8, 4) is 29.7 Å². The summed E-state index contributed by atoms with van der Waals surface area (Å²) < 4.78 is 29.1. The van der Waals surface area contributed by atoms with Gasteiger partial charge in [-0.05, 0) is 37.3 Å². The number of hydrogen-bond acceptors (Lipinski definition) is 6. The minimum absolute atomic E-state index is 0.112. The van der Waals surface area contributed by atoms with Gasteiger partial charge in [0.1, 0.15) is 11.5 Å². The second kappa shape index (κ2) is 12.2. The highest BCUT2D eigenvalue weighted by Gasteiger charge is 2.16. The highest BCUT2D eigenvalue weighted by atomic mass is 35.5.